The molecule has 0 radical (unpaired) electrons. The van der Waals surface area contributed by atoms with E-state index in [1.54, 1.807) is 11.6 Å². The smallest absolute Gasteiger partial charge is 0.291 e. The highest BCUT2D eigenvalue weighted by atomic mass is 16.2. The van der Waals surface area contributed by atoms with Crippen molar-refractivity contribution in [2.45, 2.75) is 13.5 Å². The number of aromatic nitrogens is 4. The van der Waals surface area contributed by atoms with Gasteiger partial charge in [-0.3, -0.25) is 14.3 Å². The molecule has 3 rings (SSSR count). The first kappa shape index (κ1) is 11.5. The van der Waals surface area contributed by atoms with Gasteiger partial charge in [-0.15, -0.1) is 0 Å². The van der Waals surface area contributed by atoms with Gasteiger partial charge in [0, 0.05) is 6.54 Å². The van der Waals surface area contributed by atoms with Crippen molar-refractivity contribution < 1.29 is 0 Å². The van der Waals surface area contributed by atoms with Crippen molar-refractivity contribution in [1.29, 1.82) is 0 Å². The highest BCUT2D eigenvalue weighted by Crippen LogP contribution is 2.11. The number of H-pyrrole nitrogens is 1. The first-order valence-electron chi connectivity index (χ1n) is 5.98. The number of hydrogen-bond donors (Lipinski definition) is 1. The molecule has 0 atom stereocenters. The highest BCUT2D eigenvalue weighted by Gasteiger charge is 2.12. The summed E-state index contributed by atoms with van der Waals surface area (Å²) in [5, 5.41) is 4.58. The van der Waals surface area contributed by atoms with Crippen molar-refractivity contribution in [1.82, 2.24) is 19.3 Å². The summed E-state index contributed by atoms with van der Waals surface area (Å²) in [6.45, 7) is 2.09. The average Bonchev–Trinajstić information content (AvgIpc) is 2.84. The molecule has 6 nitrogen and oxygen atoms in total. The van der Waals surface area contributed by atoms with Crippen LogP contribution in [0.2, 0.25) is 0 Å². The summed E-state index contributed by atoms with van der Waals surface area (Å²) < 4.78 is 2.71. The van der Waals surface area contributed by atoms with Crippen LogP contribution in [0.1, 0.15) is 6.92 Å². The second kappa shape index (κ2) is 4.24. The molecule has 0 saturated carbocycles. The summed E-state index contributed by atoms with van der Waals surface area (Å²) in [6.07, 6.45) is 1.48. The molecular weight excluding hydrogens is 244 g/mol. The average molecular weight is 256 g/mol. The van der Waals surface area contributed by atoms with Gasteiger partial charge < -0.3 is 0 Å². The second-order valence-electron chi connectivity index (χ2n) is 4.13. The number of para-hydroxylation sites is 1. The van der Waals surface area contributed by atoms with E-state index in [1.807, 2.05) is 30.3 Å². The van der Waals surface area contributed by atoms with Gasteiger partial charge in [0.25, 0.3) is 5.56 Å². The molecule has 0 spiro atoms. The molecule has 0 fully saturated rings. The third-order valence-electron chi connectivity index (χ3n) is 3.03. The van der Waals surface area contributed by atoms with Gasteiger partial charge in [0.05, 0.1) is 11.9 Å². The monoisotopic (exact) mass is 256 g/mol. The Hall–Kier alpha value is -2.63. The standard InChI is InChI=1S/C13H12N4O2/c1-2-16-12(18)10-8-14-17(11(10)15-13(16)19)9-6-4-3-5-7-9/h3-8H,2H2,1H3,(H,15,19). The van der Waals surface area contributed by atoms with Crippen LogP contribution in [-0.2, 0) is 6.54 Å². The van der Waals surface area contributed by atoms with Gasteiger partial charge in [-0.25, -0.2) is 9.48 Å². The van der Waals surface area contributed by atoms with Crippen molar-refractivity contribution in [3.8, 4) is 5.69 Å². The summed E-state index contributed by atoms with van der Waals surface area (Å²) in [6, 6.07) is 9.34. The van der Waals surface area contributed by atoms with Crippen LogP contribution in [0.25, 0.3) is 16.7 Å². The van der Waals surface area contributed by atoms with Gasteiger partial charge in [0.1, 0.15) is 5.39 Å². The molecule has 96 valence electrons. The number of hydrogen-bond acceptors (Lipinski definition) is 3. The summed E-state index contributed by atoms with van der Waals surface area (Å²) in [5.41, 5.74) is 0.480. The molecule has 2 aromatic heterocycles. The Labute approximate surface area is 107 Å². The Bertz CT molecular complexity index is 842. The quantitative estimate of drug-likeness (QED) is 0.740. The lowest BCUT2D eigenvalue weighted by Gasteiger charge is -2.04. The molecule has 19 heavy (non-hydrogen) atoms. The first-order valence-corrected chi connectivity index (χ1v) is 5.98. The van der Waals surface area contributed by atoms with E-state index in [4.69, 9.17) is 0 Å². The minimum Gasteiger partial charge on any atom is -0.291 e. The number of rotatable bonds is 2. The van der Waals surface area contributed by atoms with E-state index in [2.05, 4.69) is 10.1 Å². The lowest BCUT2D eigenvalue weighted by atomic mass is 10.3. The molecular formula is C13H12N4O2. The van der Waals surface area contributed by atoms with Crippen molar-refractivity contribution in [3.63, 3.8) is 0 Å². The first-order chi connectivity index (χ1) is 9.22. The summed E-state index contributed by atoms with van der Waals surface area (Å²) in [5.74, 6) is 0. The number of fused-ring (bicyclic) bond motifs is 1. The molecule has 0 aliphatic heterocycles. The van der Waals surface area contributed by atoms with Crippen LogP contribution >= 0.6 is 0 Å². The molecule has 0 aliphatic rings. The molecule has 6 heteroatoms. The van der Waals surface area contributed by atoms with Crippen LogP contribution in [0.5, 0.6) is 0 Å². The molecule has 0 bridgehead atoms. The second-order valence-corrected chi connectivity index (χ2v) is 4.13. The zero-order chi connectivity index (χ0) is 13.4. The molecule has 2 heterocycles. The van der Waals surface area contributed by atoms with E-state index in [0.29, 0.717) is 17.6 Å². The Kier molecular flexibility index (Phi) is 2.56. The Balaban J connectivity index is 2.37. The molecule has 0 saturated heterocycles. The van der Waals surface area contributed by atoms with Crippen LogP contribution < -0.4 is 11.2 Å². The van der Waals surface area contributed by atoms with Crippen LogP contribution in [0, 0.1) is 0 Å². The van der Waals surface area contributed by atoms with E-state index in [0.717, 1.165) is 10.3 Å². The fourth-order valence-electron chi connectivity index (χ4n) is 2.08. The minimum atomic E-state index is -0.419. The normalized spacial score (nSPS) is 11.0. The molecule has 1 aromatic carbocycles. The predicted octanol–water partition coefficient (Wildman–Crippen LogP) is 0.895. The maximum atomic E-state index is 12.1. The van der Waals surface area contributed by atoms with Gasteiger partial charge in [-0.05, 0) is 19.1 Å². The van der Waals surface area contributed by atoms with Crippen molar-refractivity contribution in [3.05, 3.63) is 57.4 Å². The SMILES string of the molecule is CCn1c(=O)[nH]c2c(cnn2-c2ccccc2)c1=O. The van der Waals surface area contributed by atoms with Crippen LogP contribution in [0.4, 0.5) is 0 Å². The molecule has 0 unspecified atom stereocenters. The molecule has 1 N–H and O–H groups in total. The maximum Gasteiger partial charge on any atom is 0.329 e. The van der Waals surface area contributed by atoms with Gasteiger partial charge in [-0.1, -0.05) is 18.2 Å². The lowest BCUT2D eigenvalue weighted by Crippen LogP contribution is -2.34. The molecule has 0 aliphatic carbocycles. The largest absolute Gasteiger partial charge is 0.329 e. The number of nitrogens with one attached hydrogen (secondary N) is 1. The van der Waals surface area contributed by atoms with E-state index in [1.165, 1.54) is 6.20 Å². The van der Waals surface area contributed by atoms with E-state index >= 15 is 0 Å². The number of benzene rings is 1. The topological polar surface area (TPSA) is 72.7 Å². The Morgan fingerprint density at radius 1 is 1.21 bits per heavy atom. The lowest BCUT2D eigenvalue weighted by molar-refractivity contribution is 0.682. The van der Waals surface area contributed by atoms with Crippen LogP contribution in [0.15, 0.2) is 46.1 Å². The molecule has 3 aromatic rings. The van der Waals surface area contributed by atoms with E-state index in [9.17, 15) is 9.59 Å². The van der Waals surface area contributed by atoms with Gasteiger partial charge in [0.15, 0.2) is 5.65 Å². The Morgan fingerprint density at radius 3 is 2.63 bits per heavy atom. The van der Waals surface area contributed by atoms with Crippen molar-refractivity contribution >= 4 is 11.0 Å². The van der Waals surface area contributed by atoms with E-state index in [-0.39, 0.29) is 5.56 Å². The van der Waals surface area contributed by atoms with Gasteiger partial charge >= 0.3 is 5.69 Å². The van der Waals surface area contributed by atoms with Crippen molar-refractivity contribution in [2.24, 2.45) is 0 Å². The summed E-state index contributed by atoms with van der Waals surface area (Å²) in [7, 11) is 0. The summed E-state index contributed by atoms with van der Waals surface area (Å²) >= 11 is 0. The maximum absolute atomic E-state index is 12.1. The number of nitrogens with zero attached hydrogens (tertiary/aromatic N) is 3. The highest BCUT2D eigenvalue weighted by molar-refractivity contribution is 5.74. The van der Waals surface area contributed by atoms with Gasteiger partial charge in [-0.2, -0.15) is 5.10 Å². The fourth-order valence-corrected chi connectivity index (χ4v) is 2.08. The fraction of sp³-hybridized carbons (Fsp3) is 0.154. The third kappa shape index (κ3) is 1.69. The minimum absolute atomic E-state index is 0.316. The molecule has 0 amide bonds. The van der Waals surface area contributed by atoms with E-state index < -0.39 is 5.69 Å². The third-order valence-corrected chi connectivity index (χ3v) is 3.03. The van der Waals surface area contributed by atoms with Crippen LogP contribution in [-0.4, -0.2) is 19.3 Å². The van der Waals surface area contributed by atoms with Crippen LogP contribution in [0.3, 0.4) is 0 Å². The number of aromatic amines is 1. The zero-order valence-corrected chi connectivity index (χ0v) is 10.3. The Morgan fingerprint density at radius 2 is 1.95 bits per heavy atom. The zero-order valence-electron chi connectivity index (χ0n) is 10.3. The van der Waals surface area contributed by atoms with Crippen molar-refractivity contribution in [2.75, 3.05) is 0 Å². The predicted molar refractivity (Wildman–Crippen MR) is 71.6 cm³/mol. The summed E-state index contributed by atoms with van der Waals surface area (Å²) in [4.78, 5) is 26.7. The van der Waals surface area contributed by atoms with Gasteiger partial charge in [0.2, 0.25) is 0 Å².